The van der Waals surface area contributed by atoms with Gasteiger partial charge < -0.3 is 36.0 Å². The summed E-state index contributed by atoms with van der Waals surface area (Å²) >= 11 is 0. The van der Waals surface area contributed by atoms with E-state index in [1.54, 1.807) is 6.92 Å². The van der Waals surface area contributed by atoms with E-state index in [-0.39, 0.29) is 19.2 Å². The summed E-state index contributed by atoms with van der Waals surface area (Å²) in [6, 6.07) is -0.248. The van der Waals surface area contributed by atoms with Crippen LogP contribution in [-0.2, 0) is 0 Å². The molecule has 1 unspecified atom stereocenters. The Hall–Kier alpha value is -0.280. The van der Waals surface area contributed by atoms with Crippen LogP contribution in [0.15, 0.2) is 0 Å². The van der Waals surface area contributed by atoms with Crippen LogP contribution in [0, 0.1) is 0 Å². The van der Waals surface area contributed by atoms with Crippen molar-refractivity contribution in [3.05, 3.63) is 0 Å². The Morgan fingerprint density at radius 1 is 0.875 bits per heavy atom. The standard InChI is InChI=1S/C9H21NO6/c1-5(3-11)10-2-6(13)8(15)9(16)7(14)4-12/h5-16H,2-4H2,1H3/t5?,6-,7+,8+,9+/m0/s1. The summed E-state index contributed by atoms with van der Waals surface area (Å²) in [5.74, 6) is 0. The molecular weight excluding hydrogens is 218 g/mol. The first-order chi connectivity index (χ1) is 7.43. The molecule has 98 valence electrons. The Morgan fingerprint density at radius 2 is 1.38 bits per heavy atom. The molecule has 0 heterocycles. The molecular formula is C9H21NO6. The maximum Gasteiger partial charge on any atom is 0.111 e. The lowest BCUT2D eigenvalue weighted by Crippen LogP contribution is -2.50. The molecule has 0 aromatic rings. The summed E-state index contributed by atoms with van der Waals surface area (Å²) in [5.41, 5.74) is 0. The molecule has 7 heteroatoms. The third-order valence-electron chi connectivity index (χ3n) is 2.27. The summed E-state index contributed by atoms with van der Waals surface area (Å²) in [5, 5.41) is 57.1. The zero-order valence-electron chi connectivity index (χ0n) is 9.19. The van der Waals surface area contributed by atoms with Crippen LogP contribution in [0.3, 0.4) is 0 Å². The lowest BCUT2D eigenvalue weighted by Gasteiger charge is -2.26. The molecule has 0 aliphatic carbocycles. The van der Waals surface area contributed by atoms with E-state index in [9.17, 15) is 15.3 Å². The van der Waals surface area contributed by atoms with Gasteiger partial charge in [0.25, 0.3) is 0 Å². The normalized spacial score (nSPS) is 21.2. The Bertz CT molecular complexity index is 181. The topological polar surface area (TPSA) is 133 Å². The lowest BCUT2D eigenvalue weighted by atomic mass is 10.0. The van der Waals surface area contributed by atoms with Gasteiger partial charge in [0.05, 0.1) is 19.3 Å². The van der Waals surface area contributed by atoms with Crippen molar-refractivity contribution in [1.82, 2.24) is 5.32 Å². The number of hydrogen-bond donors (Lipinski definition) is 7. The van der Waals surface area contributed by atoms with E-state index in [0.717, 1.165) is 0 Å². The highest BCUT2D eigenvalue weighted by Crippen LogP contribution is 2.04. The fourth-order valence-electron chi connectivity index (χ4n) is 1.07. The van der Waals surface area contributed by atoms with E-state index in [0.29, 0.717) is 0 Å². The zero-order chi connectivity index (χ0) is 12.7. The Kier molecular flexibility index (Phi) is 7.77. The minimum atomic E-state index is -1.62. The predicted octanol–water partition coefficient (Wildman–Crippen LogP) is -3.61. The molecule has 0 aromatic carbocycles. The third-order valence-corrected chi connectivity index (χ3v) is 2.27. The van der Waals surface area contributed by atoms with Crippen LogP contribution in [0.4, 0.5) is 0 Å². The Balaban J connectivity index is 4.02. The first-order valence-electron chi connectivity index (χ1n) is 5.11. The zero-order valence-corrected chi connectivity index (χ0v) is 9.19. The second-order valence-electron chi connectivity index (χ2n) is 3.79. The van der Waals surface area contributed by atoms with Crippen molar-refractivity contribution in [3.63, 3.8) is 0 Å². The van der Waals surface area contributed by atoms with Gasteiger partial charge >= 0.3 is 0 Å². The van der Waals surface area contributed by atoms with E-state index in [4.69, 9.17) is 15.3 Å². The van der Waals surface area contributed by atoms with Crippen molar-refractivity contribution < 1.29 is 30.6 Å². The summed E-state index contributed by atoms with van der Waals surface area (Å²) < 4.78 is 0. The van der Waals surface area contributed by atoms with Gasteiger partial charge in [0.15, 0.2) is 0 Å². The van der Waals surface area contributed by atoms with Crippen molar-refractivity contribution in [3.8, 4) is 0 Å². The van der Waals surface area contributed by atoms with Crippen LogP contribution in [0.2, 0.25) is 0 Å². The molecule has 0 aliphatic heterocycles. The van der Waals surface area contributed by atoms with Gasteiger partial charge in [0, 0.05) is 12.6 Å². The smallest absolute Gasteiger partial charge is 0.111 e. The van der Waals surface area contributed by atoms with Crippen molar-refractivity contribution in [2.24, 2.45) is 0 Å². The molecule has 7 nitrogen and oxygen atoms in total. The molecule has 0 saturated heterocycles. The average molecular weight is 239 g/mol. The van der Waals surface area contributed by atoms with Crippen LogP contribution < -0.4 is 5.32 Å². The first-order valence-corrected chi connectivity index (χ1v) is 5.11. The van der Waals surface area contributed by atoms with Crippen molar-refractivity contribution >= 4 is 0 Å². The van der Waals surface area contributed by atoms with E-state index >= 15 is 0 Å². The van der Waals surface area contributed by atoms with E-state index in [1.807, 2.05) is 0 Å². The van der Waals surface area contributed by atoms with Crippen LogP contribution >= 0.6 is 0 Å². The van der Waals surface area contributed by atoms with Gasteiger partial charge in [-0.15, -0.1) is 0 Å². The number of hydrogen-bond acceptors (Lipinski definition) is 7. The molecule has 5 atom stereocenters. The second kappa shape index (κ2) is 7.91. The minimum Gasteiger partial charge on any atom is -0.395 e. The first kappa shape index (κ1) is 15.7. The minimum absolute atomic E-state index is 0.0435. The van der Waals surface area contributed by atoms with Gasteiger partial charge in [-0.3, -0.25) is 0 Å². The maximum atomic E-state index is 9.43. The Labute approximate surface area is 94.0 Å². The molecule has 0 amide bonds. The number of aliphatic hydroxyl groups excluding tert-OH is 6. The number of rotatable bonds is 8. The maximum absolute atomic E-state index is 9.43. The molecule has 0 aromatic heterocycles. The summed E-state index contributed by atoms with van der Waals surface area (Å²) in [6.07, 6.45) is -5.99. The van der Waals surface area contributed by atoms with Crippen molar-refractivity contribution in [2.45, 2.75) is 37.4 Å². The van der Waals surface area contributed by atoms with Gasteiger partial charge in [0.1, 0.15) is 18.3 Å². The third kappa shape index (κ3) is 5.17. The molecule has 0 aliphatic rings. The van der Waals surface area contributed by atoms with E-state index < -0.39 is 31.0 Å². The highest BCUT2D eigenvalue weighted by atomic mass is 16.4. The van der Waals surface area contributed by atoms with Gasteiger partial charge in [-0.05, 0) is 6.92 Å². The van der Waals surface area contributed by atoms with Crippen LogP contribution in [0.5, 0.6) is 0 Å². The van der Waals surface area contributed by atoms with Gasteiger partial charge in [-0.25, -0.2) is 0 Å². The highest BCUT2D eigenvalue weighted by Gasteiger charge is 2.29. The largest absolute Gasteiger partial charge is 0.395 e. The molecule has 7 N–H and O–H groups in total. The van der Waals surface area contributed by atoms with Gasteiger partial charge in [-0.2, -0.15) is 0 Å². The molecule has 16 heavy (non-hydrogen) atoms. The molecule has 0 bridgehead atoms. The van der Waals surface area contributed by atoms with Crippen LogP contribution in [0.25, 0.3) is 0 Å². The average Bonchev–Trinajstić information content (AvgIpc) is 2.32. The molecule has 0 saturated carbocycles. The van der Waals surface area contributed by atoms with Gasteiger partial charge in [-0.1, -0.05) is 0 Å². The molecule has 0 spiro atoms. The fourth-order valence-corrected chi connectivity index (χ4v) is 1.07. The van der Waals surface area contributed by atoms with E-state index in [1.165, 1.54) is 0 Å². The second-order valence-corrected chi connectivity index (χ2v) is 3.79. The molecule has 0 rings (SSSR count). The number of nitrogens with one attached hydrogen (secondary N) is 1. The molecule has 0 radical (unpaired) electrons. The van der Waals surface area contributed by atoms with Crippen molar-refractivity contribution in [1.29, 1.82) is 0 Å². The Morgan fingerprint density at radius 3 is 1.81 bits per heavy atom. The fraction of sp³-hybridized carbons (Fsp3) is 1.00. The summed E-state index contributed by atoms with van der Waals surface area (Å²) in [7, 11) is 0. The summed E-state index contributed by atoms with van der Waals surface area (Å²) in [4.78, 5) is 0. The van der Waals surface area contributed by atoms with Crippen molar-refractivity contribution in [2.75, 3.05) is 19.8 Å². The van der Waals surface area contributed by atoms with E-state index in [2.05, 4.69) is 5.32 Å². The lowest BCUT2D eigenvalue weighted by molar-refractivity contribution is -0.114. The van der Waals surface area contributed by atoms with Gasteiger partial charge in [0.2, 0.25) is 0 Å². The predicted molar refractivity (Wildman–Crippen MR) is 55.7 cm³/mol. The molecule has 0 fully saturated rings. The monoisotopic (exact) mass is 239 g/mol. The summed E-state index contributed by atoms with van der Waals surface area (Å²) in [6.45, 7) is 0.812. The highest BCUT2D eigenvalue weighted by molar-refractivity contribution is 4.82. The quantitative estimate of drug-likeness (QED) is 0.233. The SMILES string of the molecule is CC(CO)NC[C@H](O)[C@@H](O)[C@H](O)[C@H](O)CO. The number of aliphatic hydroxyl groups is 6. The van der Waals surface area contributed by atoms with Crippen LogP contribution in [0.1, 0.15) is 6.92 Å². The van der Waals surface area contributed by atoms with Crippen LogP contribution in [-0.4, -0.2) is 80.9 Å².